The summed E-state index contributed by atoms with van der Waals surface area (Å²) in [5, 5.41) is 30.2. The average molecular weight is 312 g/mol. The summed E-state index contributed by atoms with van der Waals surface area (Å²) >= 11 is 0.778. The number of aromatic nitrogens is 5. The first-order valence-corrected chi connectivity index (χ1v) is 6.18. The van der Waals surface area contributed by atoms with E-state index in [4.69, 9.17) is 9.84 Å². The third kappa shape index (κ3) is 3.42. The van der Waals surface area contributed by atoms with Crippen molar-refractivity contribution in [2.75, 3.05) is 7.11 Å². The van der Waals surface area contributed by atoms with Gasteiger partial charge in [0.05, 0.1) is 12.0 Å². The number of hydrogen-bond acceptors (Lipinski definition) is 9. The van der Waals surface area contributed by atoms with Crippen molar-refractivity contribution in [1.82, 2.24) is 25.2 Å². The number of rotatable bonds is 6. The molecule has 2 rings (SSSR count). The Labute approximate surface area is 121 Å². The third-order valence-electron chi connectivity index (χ3n) is 2.19. The second-order valence-corrected chi connectivity index (χ2v) is 4.51. The summed E-state index contributed by atoms with van der Waals surface area (Å²) in [7, 11) is 1.37. The molecule has 0 fully saturated rings. The minimum absolute atomic E-state index is 0.000730. The highest BCUT2D eigenvalue weighted by atomic mass is 32.2. The zero-order valence-electron chi connectivity index (χ0n) is 10.5. The molecule has 0 spiro atoms. The Morgan fingerprint density at radius 3 is 2.95 bits per heavy atom. The van der Waals surface area contributed by atoms with Crippen molar-refractivity contribution >= 4 is 23.4 Å². The van der Waals surface area contributed by atoms with Crippen LogP contribution >= 0.6 is 11.8 Å². The number of tetrazole rings is 1. The molecule has 21 heavy (non-hydrogen) atoms. The number of aliphatic carboxylic acids is 1. The van der Waals surface area contributed by atoms with E-state index in [0.717, 1.165) is 16.4 Å². The number of carboxylic acid groups (broad SMARTS) is 1. The van der Waals surface area contributed by atoms with Crippen molar-refractivity contribution in [2.45, 2.75) is 16.7 Å². The highest BCUT2D eigenvalue weighted by molar-refractivity contribution is 7.99. The van der Waals surface area contributed by atoms with Crippen LogP contribution in [-0.4, -0.2) is 48.3 Å². The molecule has 0 amide bonds. The number of ether oxygens (including phenoxy) is 1. The van der Waals surface area contributed by atoms with Gasteiger partial charge in [-0.2, -0.15) is 4.98 Å². The zero-order valence-corrected chi connectivity index (χ0v) is 11.4. The first-order chi connectivity index (χ1) is 10.0. The molecule has 11 nitrogen and oxygen atoms in total. The van der Waals surface area contributed by atoms with E-state index in [1.165, 1.54) is 19.2 Å². The molecule has 1 N–H and O–H groups in total. The highest BCUT2D eigenvalue weighted by Gasteiger charge is 2.21. The van der Waals surface area contributed by atoms with Crippen molar-refractivity contribution in [3.05, 3.63) is 22.2 Å². The topological polar surface area (TPSA) is 146 Å². The molecule has 0 saturated carbocycles. The van der Waals surface area contributed by atoms with Gasteiger partial charge in [-0.3, -0.25) is 14.9 Å². The van der Waals surface area contributed by atoms with Gasteiger partial charge in [-0.05, 0) is 22.2 Å². The fraction of sp³-hybridized carbons (Fsp3) is 0.222. The number of carbonyl (C=O) groups is 1. The molecule has 2 heterocycles. The van der Waals surface area contributed by atoms with Gasteiger partial charge in [0, 0.05) is 12.1 Å². The predicted molar refractivity (Wildman–Crippen MR) is 67.0 cm³/mol. The molecule has 0 atom stereocenters. The molecular weight excluding hydrogens is 304 g/mol. The maximum Gasteiger partial charge on any atom is 0.325 e. The van der Waals surface area contributed by atoms with Gasteiger partial charge in [-0.25, -0.2) is 4.68 Å². The Balaban J connectivity index is 2.36. The quantitative estimate of drug-likeness (QED) is 0.580. The van der Waals surface area contributed by atoms with Crippen molar-refractivity contribution in [3.8, 4) is 5.88 Å². The molecular formula is C9H8N6O5S. The Hall–Kier alpha value is -2.76. The van der Waals surface area contributed by atoms with Crippen molar-refractivity contribution < 1.29 is 19.6 Å². The second kappa shape index (κ2) is 6.13. The number of nitrogens with zero attached hydrogens (tertiary/aromatic N) is 6. The third-order valence-corrected chi connectivity index (χ3v) is 3.16. The van der Waals surface area contributed by atoms with Crippen molar-refractivity contribution in [1.29, 1.82) is 0 Å². The molecule has 0 aromatic carbocycles. The molecule has 0 saturated heterocycles. The first kappa shape index (κ1) is 14.6. The SMILES string of the molecule is COc1ccc([N+](=O)[O-])c(Sc2nnnn2CC(=O)O)n1. The molecule has 2 aromatic rings. The Bertz CT molecular complexity index is 689. The van der Waals surface area contributed by atoms with Gasteiger partial charge in [0.1, 0.15) is 6.54 Å². The lowest BCUT2D eigenvalue weighted by Crippen LogP contribution is -2.11. The molecule has 0 aliphatic heterocycles. The number of methoxy groups -OCH3 is 1. The van der Waals surface area contributed by atoms with E-state index in [1.54, 1.807) is 0 Å². The minimum Gasteiger partial charge on any atom is -0.481 e. The Morgan fingerprint density at radius 2 is 2.33 bits per heavy atom. The fourth-order valence-electron chi connectivity index (χ4n) is 1.33. The largest absolute Gasteiger partial charge is 0.481 e. The molecule has 12 heteroatoms. The van der Waals surface area contributed by atoms with Gasteiger partial charge < -0.3 is 9.84 Å². The van der Waals surface area contributed by atoms with Crippen molar-refractivity contribution in [3.63, 3.8) is 0 Å². The van der Waals surface area contributed by atoms with E-state index in [9.17, 15) is 14.9 Å². The molecule has 0 radical (unpaired) electrons. The van der Waals surface area contributed by atoms with Gasteiger partial charge in [-0.1, -0.05) is 0 Å². The van der Waals surface area contributed by atoms with E-state index in [0.29, 0.717) is 0 Å². The molecule has 0 unspecified atom stereocenters. The maximum atomic E-state index is 11.0. The maximum absolute atomic E-state index is 11.0. The standard InChI is InChI=1S/C9H8N6O5S/c1-20-6-3-2-5(15(18)19)8(10-6)21-9-11-12-13-14(9)4-7(16)17/h2-3H,4H2,1H3,(H,16,17). The van der Waals surface area contributed by atoms with Gasteiger partial charge in [-0.15, -0.1) is 5.10 Å². The van der Waals surface area contributed by atoms with Crippen LogP contribution in [-0.2, 0) is 11.3 Å². The highest BCUT2D eigenvalue weighted by Crippen LogP contribution is 2.33. The number of nitro groups is 1. The van der Waals surface area contributed by atoms with E-state index in [-0.39, 0.29) is 21.7 Å². The summed E-state index contributed by atoms with van der Waals surface area (Å²) in [5.74, 6) is -0.961. The normalized spacial score (nSPS) is 10.3. The smallest absolute Gasteiger partial charge is 0.325 e. The predicted octanol–water partition coefficient (Wildman–Crippen LogP) is 0.221. The molecule has 0 aliphatic carbocycles. The van der Waals surface area contributed by atoms with Gasteiger partial charge >= 0.3 is 11.7 Å². The summed E-state index contributed by atoms with van der Waals surface area (Å²) in [6.07, 6.45) is 0. The van der Waals surface area contributed by atoms with Crippen LogP contribution in [0.4, 0.5) is 5.69 Å². The van der Waals surface area contributed by atoms with Crippen LogP contribution in [0, 0.1) is 10.1 Å². The number of hydrogen-bond donors (Lipinski definition) is 1. The van der Waals surface area contributed by atoms with Crippen LogP contribution in [0.15, 0.2) is 22.3 Å². The zero-order chi connectivity index (χ0) is 15.4. The minimum atomic E-state index is -1.14. The van der Waals surface area contributed by atoms with Crippen LogP contribution in [0.25, 0.3) is 0 Å². The summed E-state index contributed by atoms with van der Waals surface area (Å²) in [5.41, 5.74) is -0.259. The summed E-state index contributed by atoms with van der Waals surface area (Å²) in [6.45, 7) is -0.465. The second-order valence-electron chi connectivity index (χ2n) is 3.55. The van der Waals surface area contributed by atoms with E-state index in [2.05, 4.69) is 20.5 Å². The lowest BCUT2D eigenvalue weighted by Gasteiger charge is -2.04. The van der Waals surface area contributed by atoms with E-state index >= 15 is 0 Å². The monoisotopic (exact) mass is 312 g/mol. The fourth-order valence-corrected chi connectivity index (χ4v) is 2.17. The van der Waals surface area contributed by atoms with Gasteiger partial charge in [0.2, 0.25) is 11.0 Å². The van der Waals surface area contributed by atoms with Crippen LogP contribution in [0.2, 0.25) is 0 Å². The first-order valence-electron chi connectivity index (χ1n) is 5.36. The van der Waals surface area contributed by atoms with Crippen LogP contribution in [0.5, 0.6) is 5.88 Å². The Kier molecular flexibility index (Phi) is 4.27. The lowest BCUT2D eigenvalue weighted by atomic mass is 10.4. The van der Waals surface area contributed by atoms with Crippen LogP contribution < -0.4 is 4.74 Å². The molecule has 0 bridgehead atoms. The summed E-state index contributed by atoms with van der Waals surface area (Å²) < 4.78 is 5.90. The van der Waals surface area contributed by atoms with Gasteiger partial charge in [0.15, 0.2) is 5.03 Å². The van der Waals surface area contributed by atoms with E-state index < -0.39 is 17.4 Å². The average Bonchev–Trinajstić information content (AvgIpc) is 2.84. The van der Waals surface area contributed by atoms with Gasteiger partial charge in [0.25, 0.3) is 0 Å². The molecule has 0 aliphatic rings. The number of pyridine rings is 1. The Morgan fingerprint density at radius 1 is 1.57 bits per heavy atom. The molecule has 110 valence electrons. The van der Waals surface area contributed by atoms with Crippen LogP contribution in [0.1, 0.15) is 0 Å². The summed E-state index contributed by atoms with van der Waals surface area (Å²) in [6, 6.07) is 2.59. The van der Waals surface area contributed by atoms with Crippen LogP contribution in [0.3, 0.4) is 0 Å². The summed E-state index contributed by atoms with van der Waals surface area (Å²) in [4.78, 5) is 25.0. The molecule has 2 aromatic heterocycles. The van der Waals surface area contributed by atoms with Crippen molar-refractivity contribution in [2.24, 2.45) is 0 Å². The lowest BCUT2D eigenvalue weighted by molar-refractivity contribution is -0.388. The number of carboxylic acids is 1. The van der Waals surface area contributed by atoms with E-state index in [1.807, 2.05) is 0 Å².